The topological polar surface area (TPSA) is 165 Å². The first-order valence-electron chi connectivity index (χ1n) is 10.1. The molecule has 0 aliphatic carbocycles. The fraction of sp³-hybridized carbons (Fsp3) is 0. The van der Waals surface area contributed by atoms with Crippen molar-refractivity contribution in [2.75, 3.05) is 0 Å². The third-order valence-corrected chi connectivity index (χ3v) is 12.2. The molecule has 16 heteroatoms. The molecule has 200 valence electrons. The van der Waals surface area contributed by atoms with Crippen LogP contribution in [0.5, 0.6) is 0 Å². The molecule has 0 atom stereocenters. The second-order valence-electron chi connectivity index (χ2n) is 7.56. The van der Waals surface area contributed by atoms with E-state index in [1.54, 1.807) is 0 Å². The Hall–Kier alpha value is -2.56. The molecule has 0 N–H and O–H groups in total. The lowest BCUT2D eigenvalue weighted by atomic mass is 10.1. The lowest BCUT2D eigenvalue weighted by molar-refractivity contribution is 0.592. The van der Waals surface area contributed by atoms with E-state index in [0.29, 0.717) is 0 Å². The summed E-state index contributed by atoms with van der Waals surface area (Å²) in [5, 5.41) is 0.00150. The summed E-state index contributed by atoms with van der Waals surface area (Å²) < 4.78 is 109. The van der Waals surface area contributed by atoms with Crippen molar-refractivity contribution in [3.63, 3.8) is 0 Å². The molecular formula is C22H14Cl2N2O8S4-2. The number of sulfonamides is 4. The van der Waals surface area contributed by atoms with Gasteiger partial charge in [-0.2, -0.15) is 0 Å². The van der Waals surface area contributed by atoms with Gasteiger partial charge in [-0.05, 0) is 71.4 Å². The molecule has 38 heavy (non-hydrogen) atoms. The van der Waals surface area contributed by atoms with Crippen LogP contribution in [0.1, 0.15) is 0 Å². The first-order chi connectivity index (χ1) is 17.6. The van der Waals surface area contributed by atoms with Crippen LogP contribution < -0.4 is 0 Å². The van der Waals surface area contributed by atoms with E-state index in [1.165, 1.54) is 36.4 Å². The van der Waals surface area contributed by atoms with Gasteiger partial charge in [0.15, 0.2) is 0 Å². The van der Waals surface area contributed by atoms with Gasteiger partial charge in [-0.15, -0.1) is 0 Å². The monoisotopic (exact) mass is 632 g/mol. The van der Waals surface area contributed by atoms with Gasteiger partial charge in [0.1, 0.15) is 40.1 Å². The molecule has 0 radical (unpaired) electrons. The second-order valence-corrected chi connectivity index (χ2v) is 15.3. The van der Waals surface area contributed by atoms with Crippen molar-refractivity contribution in [1.82, 2.24) is 0 Å². The summed E-state index contributed by atoms with van der Waals surface area (Å²) in [6.07, 6.45) is 0. The summed E-state index contributed by atoms with van der Waals surface area (Å²) in [6.45, 7) is 0. The molecule has 0 fully saturated rings. The van der Waals surface area contributed by atoms with Crippen LogP contribution in [0.15, 0.2) is 105 Å². The van der Waals surface area contributed by atoms with Gasteiger partial charge in [-0.3, -0.25) is 0 Å². The van der Waals surface area contributed by atoms with E-state index >= 15 is 0 Å². The molecule has 4 rings (SSSR count). The average Bonchev–Trinajstić information content (AvgIpc) is 2.82. The summed E-state index contributed by atoms with van der Waals surface area (Å²) in [6, 6.07) is 16.1. The first kappa shape index (κ1) is 28.4. The molecule has 4 aromatic carbocycles. The van der Waals surface area contributed by atoms with Gasteiger partial charge in [0.2, 0.25) is 0 Å². The van der Waals surface area contributed by atoms with Gasteiger partial charge in [-0.1, -0.05) is 47.5 Å². The summed E-state index contributed by atoms with van der Waals surface area (Å²) in [4.78, 5) is -2.10. The van der Waals surface area contributed by atoms with E-state index in [2.05, 4.69) is 8.25 Å². The van der Waals surface area contributed by atoms with E-state index < -0.39 is 59.7 Å². The number of halogens is 2. The highest BCUT2D eigenvalue weighted by Gasteiger charge is 2.20. The molecule has 0 heterocycles. The zero-order chi connectivity index (χ0) is 27.9. The summed E-state index contributed by atoms with van der Waals surface area (Å²) in [7, 11) is -19.2. The molecule has 0 bridgehead atoms. The number of fused-ring (bicyclic) bond motifs is 1. The molecule has 4 aromatic rings. The Kier molecular flexibility index (Phi) is 7.64. The van der Waals surface area contributed by atoms with Crippen LogP contribution in [0, 0.1) is 0 Å². The summed E-state index contributed by atoms with van der Waals surface area (Å²) in [5.41, 5.74) is 0. The molecule has 0 aliphatic rings. The minimum Gasteiger partial charge on any atom is -0.428 e. The van der Waals surface area contributed by atoms with E-state index in [9.17, 15) is 33.7 Å². The van der Waals surface area contributed by atoms with Crippen LogP contribution in [0.25, 0.3) is 19.0 Å². The van der Waals surface area contributed by atoms with Crippen LogP contribution in [-0.4, -0.2) is 33.7 Å². The van der Waals surface area contributed by atoms with Crippen molar-refractivity contribution in [3.8, 4) is 0 Å². The maximum absolute atomic E-state index is 13.1. The van der Waals surface area contributed by atoms with Crippen molar-refractivity contribution >= 4 is 74.1 Å². The van der Waals surface area contributed by atoms with Gasteiger partial charge in [0, 0.05) is 19.8 Å². The van der Waals surface area contributed by atoms with Gasteiger partial charge in [0.25, 0.3) is 0 Å². The second kappa shape index (κ2) is 10.2. The first-order valence-corrected chi connectivity index (χ1v) is 16.7. The third-order valence-electron chi connectivity index (χ3n) is 5.01. The summed E-state index contributed by atoms with van der Waals surface area (Å²) in [5.74, 6) is 0. The van der Waals surface area contributed by atoms with Crippen LogP contribution >= 0.6 is 23.2 Å². The van der Waals surface area contributed by atoms with E-state index in [4.69, 9.17) is 23.2 Å². The lowest BCUT2D eigenvalue weighted by Gasteiger charge is -2.24. The number of hydrogen-bond donors (Lipinski definition) is 0. The molecule has 0 saturated heterocycles. The average molecular weight is 634 g/mol. The van der Waals surface area contributed by atoms with Crippen molar-refractivity contribution in [3.05, 3.63) is 103 Å². The molecule has 0 spiro atoms. The SMILES string of the molecule is O=S(=O)([N-]S(=O)(=O)c1cccc2c(S(=O)(=O)[N-]S(=O)(=O)c3ccc(Cl)cc3)cccc12)c1ccc(Cl)cc1. The highest BCUT2D eigenvalue weighted by molar-refractivity contribution is 8.13. The largest absolute Gasteiger partial charge is 0.428 e. The highest BCUT2D eigenvalue weighted by Crippen LogP contribution is 2.36. The fourth-order valence-electron chi connectivity index (χ4n) is 3.34. The lowest BCUT2D eigenvalue weighted by Crippen LogP contribution is -2.10. The standard InChI is InChI=1S/C22H14Cl2N2O8S4/c23-15-7-11-17(12-8-15)35(27,28)25-37(31,32)21-5-1-3-19-20(21)4-2-6-22(19)38(33,34)26-36(29,30)18-13-9-16(24)10-14-18/h1-14H/q-2. The van der Waals surface area contributed by atoms with Crippen molar-refractivity contribution in [2.45, 2.75) is 19.6 Å². The third kappa shape index (κ3) is 5.87. The van der Waals surface area contributed by atoms with Crippen LogP contribution in [0.2, 0.25) is 10.0 Å². The molecular weight excluding hydrogens is 619 g/mol. The Balaban J connectivity index is 1.77. The number of nitrogens with zero attached hydrogens (tertiary/aromatic N) is 2. The van der Waals surface area contributed by atoms with E-state index in [-0.39, 0.29) is 20.8 Å². The number of hydrogen-bond acceptors (Lipinski definition) is 8. The Bertz CT molecular complexity index is 1830. The molecule has 0 unspecified atom stereocenters. The number of benzene rings is 4. The molecule has 0 aromatic heterocycles. The molecule has 0 amide bonds. The molecule has 0 saturated carbocycles. The predicted octanol–water partition coefficient (Wildman–Crippen LogP) is 5.05. The van der Waals surface area contributed by atoms with Gasteiger partial charge >= 0.3 is 0 Å². The van der Waals surface area contributed by atoms with Gasteiger partial charge < -0.3 is 8.25 Å². The Morgan fingerprint density at radius 2 is 0.737 bits per heavy atom. The fourth-order valence-corrected chi connectivity index (χ4v) is 9.36. The maximum Gasteiger partial charge on any atom is 0.113 e. The Morgan fingerprint density at radius 3 is 1.05 bits per heavy atom. The highest BCUT2D eigenvalue weighted by atomic mass is 35.5. The Morgan fingerprint density at radius 1 is 0.421 bits per heavy atom. The minimum absolute atomic E-state index is 0.220. The van der Waals surface area contributed by atoms with Crippen LogP contribution in [0.3, 0.4) is 0 Å². The van der Waals surface area contributed by atoms with Crippen molar-refractivity contribution in [2.24, 2.45) is 0 Å². The van der Waals surface area contributed by atoms with Gasteiger partial charge in [-0.25, -0.2) is 33.7 Å². The van der Waals surface area contributed by atoms with Crippen molar-refractivity contribution in [1.29, 1.82) is 0 Å². The Labute approximate surface area is 229 Å². The minimum atomic E-state index is -4.90. The maximum atomic E-state index is 13.1. The predicted molar refractivity (Wildman–Crippen MR) is 142 cm³/mol. The smallest absolute Gasteiger partial charge is 0.113 e. The molecule has 0 aliphatic heterocycles. The van der Waals surface area contributed by atoms with Crippen molar-refractivity contribution < 1.29 is 33.7 Å². The zero-order valence-electron chi connectivity index (χ0n) is 18.6. The number of rotatable bonds is 8. The molecule has 10 nitrogen and oxygen atoms in total. The zero-order valence-corrected chi connectivity index (χ0v) is 23.4. The van der Waals surface area contributed by atoms with E-state index in [1.807, 2.05) is 0 Å². The van der Waals surface area contributed by atoms with Crippen LogP contribution in [-0.2, 0) is 40.1 Å². The summed E-state index contributed by atoms with van der Waals surface area (Å²) >= 11 is 11.5. The normalized spacial score (nSPS) is 13.0. The van der Waals surface area contributed by atoms with E-state index in [0.717, 1.165) is 48.5 Å². The quantitative estimate of drug-likeness (QED) is 0.260. The van der Waals surface area contributed by atoms with Crippen LogP contribution in [0.4, 0.5) is 0 Å². The van der Waals surface area contributed by atoms with Gasteiger partial charge in [0.05, 0.1) is 9.79 Å².